The summed E-state index contributed by atoms with van der Waals surface area (Å²) in [4.78, 5) is 30.7. The normalized spacial score (nSPS) is 10.6. The van der Waals surface area contributed by atoms with Gasteiger partial charge in [0.15, 0.2) is 11.5 Å². The Morgan fingerprint density at radius 1 is 1.30 bits per heavy atom. The molecule has 2 aromatic carbocycles. The number of nitro groups is 1. The Bertz CT molecular complexity index is 966. The van der Waals surface area contributed by atoms with E-state index in [2.05, 4.69) is 15.3 Å². The maximum Gasteiger partial charge on any atom is 0.286 e. The van der Waals surface area contributed by atoms with Gasteiger partial charge in [-0.2, -0.15) is 0 Å². The molecular weight excluding hydrogens is 352 g/mol. The number of hydrogen-bond donors (Lipinski definition) is 2. The molecule has 0 saturated carbocycles. The number of nitrogens with one attached hydrogen (secondary N) is 2. The van der Waals surface area contributed by atoms with Crippen molar-refractivity contribution >= 4 is 22.6 Å². The van der Waals surface area contributed by atoms with Crippen LogP contribution in [0.4, 0.5) is 5.69 Å². The van der Waals surface area contributed by atoms with Crippen LogP contribution in [0.25, 0.3) is 11.0 Å². The maximum absolute atomic E-state index is 12.6. The summed E-state index contributed by atoms with van der Waals surface area (Å²) in [5.41, 5.74) is 1.14. The zero-order chi connectivity index (χ0) is 19.4. The Labute approximate surface area is 154 Å². The Kier molecular flexibility index (Phi) is 5.20. The van der Waals surface area contributed by atoms with Gasteiger partial charge in [-0.3, -0.25) is 14.9 Å². The number of methoxy groups -OCH3 is 1. The van der Waals surface area contributed by atoms with Crippen molar-refractivity contribution in [1.29, 1.82) is 0 Å². The van der Waals surface area contributed by atoms with Crippen molar-refractivity contribution in [3.05, 3.63) is 57.9 Å². The van der Waals surface area contributed by atoms with E-state index in [9.17, 15) is 14.9 Å². The molecule has 0 spiro atoms. The first-order chi connectivity index (χ1) is 13.0. The second-order valence-corrected chi connectivity index (χ2v) is 5.59. The lowest BCUT2D eigenvalue weighted by Gasteiger charge is -2.11. The molecule has 1 aromatic heterocycles. The Morgan fingerprint density at radius 3 is 2.74 bits per heavy atom. The summed E-state index contributed by atoms with van der Waals surface area (Å²) < 4.78 is 10.5. The topological polar surface area (TPSA) is 119 Å². The van der Waals surface area contributed by atoms with E-state index in [-0.39, 0.29) is 29.3 Å². The number of para-hydroxylation sites is 2. The van der Waals surface area contributed by atoms with E-state index >= 15 is 0 Å². The first kappa shape index (κ1) is 18.2. The van der Waals surface area contributed by atoms with E-state index in [0.717, 1.165) is 11.0 Å². The number of aromatic nitrogens is 2. The van der Waals surface area contributed by atoms with Gasteiger partial charge in [0.05, 0.1) is 42.3 Å². The summed E-state index contributed by atoms with van der Waals surface area (Å²) >= 11 is 0. The molecule has 0 aliphatic rings. The van der Waals surface area contributed by atoms with Crippen LogP contribution in [0.1, 0.15) is 23.1 Å². The molecule has 9 heteroatoms. The number of amides is 1. The van der Waals surface area contributed by atoms with Crippen molar-refractivity contribution in [2.45, 2.75) is 13.5 Å². The van der Waals surface area contributed by atoms with Crippen LogP contribution in [0.15, 0.2) is 36.4 Å². The molecule has 9 nitrogen and oxygen atoms in total. The minimum atomic E-state index is -0.631. The molecule has 0 aliphatic carbocycles. The molecule has 0 bridgehead atoms. The SMILES string of the molecule is CCOc1cc(C(=O)NCc2nc3ccccc3[nH]2)c([N+](=O)[O-])cc1OC. The van der Waals surface area contributed by atoms with E-state index in [1.807, 2.05) is 24.3 Å². The molecule has 0 fully saturated rings. The summed E-state index contributed by atoms with van der Waals surface area (Å²) in [5.74, 6) is 0.397. The van der Waals surface area contributed by atoms with Gasteiger partial charge in [-0.25, -0.2) is 4.98 Å². The van der Waals surface area contributed by atoms with Gasteiger partial charge in [0.1, 0.15) is 11.4 Å². The molecule has 0 unspecified atom stereocenters. The number of H-pyrrole nitrogens is 1. The summed E-state index contributed by atoms with van der Waals surface area (Å²) in [6.45, 7) is 2.19. The highest BCUT2D eigenvalue weighted by atomic mass is 16.6. The van der Waals surface area contributed by atoms with Crippen LogP contribution in [0, 0.1) is 10.1 Å². The molecule has 0 radical (unpaired) electrons. The first-order valence-electron chi connectivity index (χ1n) is 8.24. The molecule has 0 saturated heterocycles. The summed E-state index contributed by atoms with van der Waals surface area (Å²) in [6, 6.07) is 9.95. The van der Waals surface area contributed by atoms with Crippen LogP contribution in [-0.2, 0) is 6.54 Å². The van der Waals surface area contributed by atoms with Crippen LogP contribution in [0.3, 0.4) is 0 Å². The third kappa shape index (κ3) is 3.81. The van der Waals surface area contributed by atoms with Crippen LogP contribution in [0.5, 0.6) is 11.5 Å². The van der Waals surface area contributed by atoms with Crippen LogP contribution < -0.4 is 14.8 Å². The van der Waals surface area contributed by atoms with E-state index < -0.39 is 10.8 Å². The van der Waals surface area contributed by atoms with Crippen molar-refractivity contribution in [2.75, 3.05) is 13.7 Å². The lowest BCUT2D eigenvalue weighted by Crippen LogP contribution is -2.24. The van der Waals surface area contributed by atoms with E-state index in [1.54, 1.807) is 6.92 Å². The number of carbonyl (C=O) groups excluding carboxylic acids is 1. The molecule has 0 atom stereocenters. The molecule has 27 heavy (non-hydrogen) atoms. The predicted octanol–water partition coefficient (Wildman–Crippen LogP) is 2.81. The number of carbonyl (C=O) groups is 1. The smallest absolute Gasteiger partial charge is 0.286 e. The number of ether oxygens (including phenoxy) is 2. The van der Waals surface area contributed by atoms with Crippen molar-refractivity contribution < 1.29 is 19.2 Å². The van der Waals surface area contributed by atoms with Gasteiger partial charge >= 0.3 is 0 Å². The molecule has 1 heterocycles. The highest BCUT2D eigenvalue weighted by molar-refractivity contribution is 5.99. The largest absolute Gasteiger partial charge is 0.493 e. The van der Waals surface area contributed by atoms with Gasteiger partial charge in [0, 0.05) is 6.07 Å². The fourth-order valence-electron chi connectivity index (χ4n) is 2.66. The average Bonchev–Trinajstić information content (AvgIpc) is 3.08. The third-order valence-corrected chi connectivity index (χ3v) is 3.88. The molecule has 0 aliphatic heterocycles. The summed E-state index contributed by atoms with van der Waals surface area (Å²) in [6.07, 6.45) is 0. The van der Waals surface area contributed by atoms with Crippen LogP contribution in [0.2, 0.25) is 0 Å². The van der Waals surface area contributed by atoms with Crippen molar-refractivity contribution in [3.63, 3.8) is 0 Å². The third-order valence-electron chi connectivity index (χ3n) is 3.88. The zero-order valence-electron chi connectivity index (χ0n) is 14.8. The number of hydrogen-bond acceptors (Lipinski definition) is 6. The summed E-state index contributed by atoms with van der Waals surface area (Å²) in [7, 11) is 1.38. The number of aromatic amines is 1. The Hall–Kier alpha value is -3.62. The van der Waals surface area contributed by atoms with E-state index in [0.29, 0.717) is 12.4 Å². The first-order valence-corrected chi connectivity index (χ1v) is 8.24. The number of fused-ring (bicyclic) bond motifs is 1. The van der Waals surface area contributed by atoms with Gasteiger partial charge in [-0.15, -0.1) is 0 Å². The fourth-order valence-corrected chi connectivity index (χ4v) is 2.66. The van der Waals surface area contributed by atoms with E-state index in [4.69, 9.17) is 9.47 Å². The molecular formula is C18H18N4O5. The second kappa shape index (κ2) is 7.73. The molecule has 3 aromatic rings. The number of imidazole rings is 1. The quantitative estimate of drug-likeness (QED) is 0.487. The van der Waals surface area contributed by atoms with Crippen molar-refractivity contribution in [2.24, 2.45) is 0 Å². The molecule has 3 rings (SSSR count). The maximum atomic E-state index is 12.6. The lowest BCUT2D eigenvalue weighted by molar-refractivity contribution is -0.385. The highest BCUT2D eigenvalue weighted by Crippen LogP contribution is 2.34. The van der Waals surface area contributed by atoms with Gasteiger partial charge < -0.3 is 19.8 Å². The number of nitrogens with zero attached hydrogens (tertiary/aromatic N) is 2. The number of nitro benzene ring substituents is 1. The highest BCUT2D eigenvalue weighted by Gasteiger charge is 2.24. The van der Waals surface area contributed by atoms with Gasteiger partial charge in [0.2, 0.25) is 0 Å². The fraction of sp³-hybridized carbons (Fsp3) is 0.222. The Balaban J connectivity index is 1.85. The zero-order valence-corrected chi connectivity index (χ0v) is 14.8. The lowest BCUT2D eigenvalue weighted by atomic mass is 10.1. The molecule has 140 valence electrons. The van der Waals surface area contributed by atoms with Gasteiger partial charge in [-0.05, 0) is 19.1 Å². The van der Waals surface area contributed by atoms with E-state index in [1.165, 1.54) is 19.2 Å². The minimum Gasteiger partial charge on any atom is -0.493 e. The molecule has 1 amide bonds. The number of benzene rings is 2. The number of rotatable bonds is 7. The van der Waals surface area contributed by atoms with Gasteiger partial charge in [0.25, 0.3) is 11.6 Å². The summed E-state index contributed by atoms with van der Waals surface area (Å²) in [5, 5.41) is 14.0. The average molecular weight is 370 g/mol. The standard InChI is InChI=1S/C18H18N4O5/c1-3-27-16-8-11(14(22(24)25)9-15(16)26-2)18(23)19-10-17-20-12-6-4-5-7-13(12)21-17/h4-9H,3,10H2,1-2H3,(H,19,23)(H,20,21). The van der Waals surface area contributed by atoms with Crippen molar-refractivity contribution in [1.82, 2.24) is 15.3 Å². The molecule has 2 N–H and O–H groups in total. The Morgan fingerprint density at radius 2 is 2.07 bits per heavy atom. The van der Waals surface area contributed by atoms with Crippen LogP contribution >= 0.6 is 0 Å². The monoisotopic (exact) mass is 370 g/mol. The van der Waals surface area contributed by atoms with Crippen molar-refractivity contribution in [3.8, 4) is 11.5 Å². The van der Waals surface area contributed by atoms with Gasteiger partial charge in [-0.1, -0.05) is 12.1 Å². The minimum absolute atomic E-state index is 0.0979. The second-order valence-electron chi connectivity index (χ2n) is 5.59. The predicted molar refractivity (Wildman–Crippen MR) is 98.1 cm³/mol. The van der Waals surface area contributed by atoms with Crippen LogP contribution in [-0.4, -0.2) is 34.5 Å².